The number of methoxy groups -OCH3 is 1. The van der Waals surface area contributed by atoms with Gasteiger partial charge in [-0.05, 0) is 36.4 Å². The van der Waals surface area contributed by atoms with Gasteiger partial charge in [0.1, 0.15) is 11.6 Å². The van der Waals surface area contributed by atoms with Crippen LogP contribution in [0.15, 0.2) is 61.1 Å². The lowest BCUT2D eigenvalue weighted by atomic mass is 10.1. The summed E-state index contributed by atoms with van der Waals surface area (Å²) >= 11 is 0. The van der Waals surface area contributed by atoms with Crippen molar-refractivity contribution >= 4 is 35.0 Å². The van der Waals surface area contributed by atoms with E-state index in [9.17, 15) is 9.59 Å². The SMILES string of the molecule is COc1ccc(N2CC(C(=O)Nc3cnc(N4CCN(c5ccccn5)CC4)nc3)CC2=O)cc1. The van der Waals surface area contributed by atoms with Crippen LogP contribution < -0.4 is 24.8 Å². The summed E-state index contributed by atoms with van der Waals surface area (Å²) < 4.78 is 5.17. The molecule has 0 saturated carbocycles. The second-order valence-corrected chi connectivity index (χ2v) is 8.53. The first-order valence-electron chi connectivity index (χ1n) is 11.6. The van der Waals surface area contributed by atoms with Crippen LogP contribution in [0.4, 0.5) is 23.1 Å². The lowest BCUT2D eigenvalue weighted by molar-refractivity contribution is -0.122. The van der Waals surface area contributed by atoms with Crippen LogP contribution in [0.2, 0.25) is 0 Å². The highest BCUT2D eigenvalue weighted by atomic mass is 16.5. The highest BCUT2D eigenvalue weighted by molar-refractivity contribution is 6.03. The number of aromatic nitrogens is 3. The van der Waals surface area contributed by atoms with E-state index < -0.39 is 5.92 Å². The lowest BCUT2D eigenvalue weighted by Gasteiger charge is -2.35. The molecule has 0 aliphatic carbocycles. The standard InChI is InChI=1S/C25H27N7O3/c1-35-21-7-5-20(6-8-21)32-17-18(14-23(32)33)24(34)29-19-15-27-25(28-16-19)31-12-10-30(11-13-31)22-4-2-3-9-26-22/h2-9,15-16,18H,10-14,17H2,1H3,(H,29,34). The Kier molecular flexibility index (Phi) is 6.42. The molecular formula is C25H27N7O3. The summed E-state index contributed by atoms with van der Waals surface area (Å²) in [5, 5.41) is 2.86. The summed E-state index contributed by atoms with van der Waals surface area (Å²) in [4.78, 5) is 44.6. The molecule has 0 bridgehead atoms. The zero-order chi connectivity index (χ0) is 24.2. The first-order valence-corrected chi connectivity index (χ1v) is 11.6. The maximum atomic E-state index is 12.8. The molecule has 0 radical (unpaired) electrons. The van der Waals surface area contributed by atoms with Crippen LogP contribution in [-0.2, 0) is 9.59 Å². The van der Waals surface area contributed by atoms with Gasteiger partial charge in [-0.1, -0.05) is 6.07 Å². The predicted octanol–water partition coefficient (Wildman–Crippen LogP) is 2.20. The van der Waals surface area contributed by atoms with Gasteiger partial charge in [0, 0.05) is 51.0 Å². The Morgan fingerprint density at radius 1 is 0.971 bits per heavy atom. The van der Waals surface area contributed by atoms with E-state index in [0.29, 0.717) is 23.9 Å². The Morgan fingerprint density at radius 2 is 1.69 bits per heavy atom. The van der Waals surface area contributed by atoms with Crippen LogP contribution in [0.1, 0.15) is 6.42 Å². The number of hydrogen-bond acceptors (Lipinski definition) is 8. The Hall–Kier alpha value is -4.21. The smallest absolute Gasteiger partial charge is 0.229 e. The molecule has 1 atom stereocenters. The summed E-state index contributed by atoms with van der Waals surface area (Å²) in [6.07, 6.45) is 5.19. The molecule has 2 saturated heterocycles. The Morgan fingerprint density at radius 3 is 2.34 bits per heavy atom. The quantitative estimate of drug-likeness (QED) is 0.581. The number of nitrogens with one attached hydrogen (secondary N) is 1. The van der Waals surface area contributed by atoms with Crippen LogP contribution >= 0.6 is 0 Å². The molecule has 0 spiro atoms. The topological polar surface area (TPSA) is 104 Å². The maximum absolute atomic E-state index is 12.8. The number of hydrogen-bond donors (Lipinski definition) is 1. The monoisotopic (exact) mass is 473 g/mol. The van der Waals surface area contributed by atoms with Gasteiger partial charge < -0.3 is 24.8 Å². The molecular weight excluding hydrogens is 446 g/mol. The number of carbonyl (C=O) groups excluding carboxylic acids is 2. The second-order valence-electron chi connectivity index (χ2n) is 8.53. The number of carbonyl (C=O) groups is 2. The van der Waals surface area contributed by atoms with Crippen molar-refractivity contribution in [2.24, 2.45) is 5.92 Å². The van der Waals surface area contributed by atoms with Crippen molar-refractivity contribution in [3.63, 3.8) is 0 Å². The van der Waals surface area contributed by atoms with Crippen molar-refractivity contribution < 1.29 is 14.3 Å². The van der Waals surface area contributed by atoms with Crippen molar-refractivity contribution in [1.82, 2.24) is 15.0 Å². The normalized spacial score (nSPS) is 18.0. The maximum Gasteiger partial charge on any atom is 0.229 e. The van der Waals surface area contributed by atoms with E-state index in [-0.39, 0.29) is 18.2 Å². The first kappa shape index (κ1) is 22.6. The third-order valence-electron chi connectivity index (χ3n) is 6.32. The van der Waals surface area contributed by atoms with Crippen molar-refractivity contribution in [2.75, 3.05) is 59.9 Å². The van der Waals surface area contributed by atoms with Gasteiger partial charge in [0.15, 0.2) is 0 Å². The third kappa shape index (κ3) is 5.01. The van der Waals surface area contributed by atoms with E-state index in [2.05, 4.69) is 30.1 Å². The molecule has 1 unspecified atom stereocenters. The van der Waals surface area contributed by atoms with Crippen molar-refractivity contribution in [1.29, 1.82) is 0 Å². The summed E-state index contributed by atoms with van der Waals surface area (Å²) in [5.74, 6) is 1.59. The molecule has 10 nitrogen and oxygen atoms in total. The number of amides is 2. The largest absolute Gasteiger partial charge is 0.497 e. The van der Waals surface area contributed by atoms with Crippen LogP contribution in [0.3, 0.4) is 0 Å². The van der Waals surface area contributed by atoms with Crippen molar-refractivity contribution in [3.8, 4) is 5.75 Å². The molecule has 5 rings (SSSR count). The minimum absolute atomic E-state index is 0.0771. The zero-order valence-electron chi connectivity index (χ0n) is 19.5. The molecule has 2 aromatic heterocycles. The Labute approximate surface area is 203 Å². The van der Waals surface area contributed by atoms with Crippen LogP contribution in [-0.4, -0.2) is 66.6 Å². The molecule has 2 amide bonds. The number of benzene rings is 1. The van der Waals surface area contributed by atoms with E-state index in [0.717, 1.165) is 37.7 Å². The fraction of sp³-hybridized carbons (Fsp3) is 0.320. The molecule has 4 heterocycles. The zero-order valence-corrected chi connectivity index (χ0v) is 19.5. The number of anilines is 4. The fourth-order valence-electron chi connectivity index (χ4n) is 4.36. The molecule has 35 heavy (non-hydrogen) atoms. The van der Waals surface area contributed by atoms with Gasteiger partial charge in [0.05, 0.1) is 31.1 Å². The highest BCUT2D eigenvalue weighted by Crippen LogP contribution is 2.27. The highest BCUT2D eigenvalue weighted by Gasteiger charge is 2.35. The van der Waals surface area contributed by atoms with Crippen LogP contribution in [0, 0.1) is 5.92 Å². The minimum Gasteiger partial charge on any atom is -0.497 e. The van der Waals surface area contributed by atoms with Crippen LogP contribution in [0.25, 0.3) is 0 Å². The van der Waals surface area contributed by atoms with Crippen molar-refractivity contribution in [3.05, 3.63) is 61.1 Å². The van der Waals surface area contributed by atoms with Crippen molar-refractivity contribution in [2.45, 2.75) is 6.42 Å². The lowest BCUT2D eigenvalue weighted by Crippen LogP contribution is -2.47. The Bertz CT molecular complexity index is 1160. The number of piperazine rings is 1. The minimum atomic E-state index is -0.441. The molecule has 3 aromatic rings. The first-order chi connectivity index (χ1) is 17.1. The van der Waals surface area contributed by atoms with Gasteiger partial charge in [-0.3, -0.25) is 9.59 Å². The van der Waals surface area contributed by atoms with E-state index >= 15 is 0 Å². The van der Waals surface area contributed by atoms with E-state index in [1.807, 2.05) is 30.3 Å². The molecule has 10 heteroatoms. The molecule has 180 valence electrons. The second kappa shape index (κ2) is 9.96. The van der Waals surface area contributed by atoms with E-state index in [4.69, 9.17) is 4.74 Å². The van der Waals surface area contributed by atoms with Gasteiger partial charge in [-0.15, -0.1) is 0 Å². The average Bonchev–Trinajstić information content (AvgIpc) is 3.31. The number of nitrogens with zero attached hydrogens (tertiary/aromatic N) is 6. The van der Waals surface area contributed by atoms with Crippen LogP contribution in [0.5, 0.6) is 5.75 Å². The fourth-order valence-corrected chi connectivity index (χ4v) is 4.36. The Balaban J connectivity index is 1.15. The van der Waals surface area contributed by atoms with Gasteiger partial charge in [0.25, 0.3) is 0 Å². The number of ether oxygens (including phenoxy) is 1. The molecule has 2 fully saturated rings. The summed E-state index contributed by atoms with van der Waals surface area (Å²) in [7, 11) is 1.59. The molecule has 1 N–H and O–H groups in total. The number of pyridine rings is 1. The average molecular weight is 474 g/mol. The van der Waals surface area contributed by atoms with Gasteiger partial charge in [0.2, 0.25) is 17.8 Å². The molecule has 1 aromatic carbocycles. The molecule has 2 aliphatic heterocycles. The van der Waals surface area contributed by atoms with E-state index in [1.54, 1.807) is 42.7 Å². The molecule has 2 aliphatic rings. The van der Waals surface area contributed by atoms with E-state index in [1.165, 1.54) is 0 Å². The predicted molar refractivity (Wildman–Crippen MR) is 133 cm³/mol. The third-order valence-corrected chi connectivity index (χ3v) is 6.32. The number of rotatable bonds is 6. The van der Waals surface area contributed by atoms with Gasteiger partial charge in [-0.25, -0.2) is 15.0 Å². The summed E-state index contributed by atoms with van der Waals surface area (Å²) in [6.45, 7) is 3.57. The van der Waals surface area contributed by atoms with Gasteiger partial charge in [-0.2, -0.15) is 0 Å². The van der Waals surface area contributed by atoms with Gasteiger partial charge >= 0.3 is 0 Å². The summed E-state index contributed by atoms with van der Waals surface area (Å²) in [5.41, 5.74) is 1.27. The summed E-state index contributed by atoms with van der Waals surface area (Å²) in [6, 6.07) is 13.1.